The molecule has 0 aliphatic carbocycles. The number of nitrogens with zero attached hydrogens (tertiary/aromatic N) is 3. The Morgan fingerprint density at radius 3 is 2.48 bits per heavy atom. The maximum Gasteiger partial charge on any atom is 0.416 e. The van der Waals surface area contributed by atoms with E-state index >= 15 is 0 Å². The number of aromatic amines is 1. The first-order valence-electron chi connectivity index (χ1n) is 9.76. The molecule has 1 N–H and O–H groups in total. The molecule has 0 unspecified atom stereocenters. The molecule has 6 nitrogen and oxygen atoms in total. The van der Waals surface area contributed by atoms with E-state index in [0.717, 1.165) is 12.1 Å². The van der Waals surface area contributed by atoms with Gasteiger partial charge in [-0.1, -0.05) is 12.1 Å². The van der Waals surface area contributed by atoms with Crippen molar-refractivity contribution in [1.82, 2.24) is 15.0 Å². The zero-order chi connectivity index (χ0) is 23.4. The van der Waals surface area contributed by atoms with Crippen molar-refractivity contribution in [2.45, 2.75) is 12.8 Å². The summed E-state index contributed by atoms with van der Waals surface area (Å²) in [6.45, 7) is 0.217. The number of aromatic nitrogens is 3. The van der Waals surface area contributed by atoms with Crippen LogP contribution in [0.4, 0.5) is 13.2 Å². The minimum Gasteiger partial charge on any atom is -0.496 e. The third kappa shape index (κ3) is 4.96. The second-order valence-corrected chi connectivity index (χ2v) is 7.01. The lowest BCUT2D eigenvalue weighted by Gasteiger charge is -2.10. The molecule has 0 amide bonds. The van der Waals surface area contributed by atoms with Gasteiger partial charge in [-0.15, -0.1) is 0 Å². The molecule has 0 spiro atoms. The van der Waals surface area contributed by atoms with Gasteiger partial charge in [0, 0.05) is 29.6 Å². The predicted octanol–water partition coefficient (Wildman–Crippen LogP) is 5.62. The van der Waals surface area contributed by atoms with Gasteiger partial charge in [-0.3, -0.25) is 4.98 Å². The number of hydrogen-bond donors (Lipinski definition) is 1. The summed E-state index contributed by atoms with van der Waals surface area (Å²) in [5.74, 6) is 1.51. The van der Waals surface area contributed by atoms with Crippen molar-refractivity contribution < 1.29 is 22.6 Å². The van der Waals surface area contributed by atoms with Crippen LogP contribution in [0.1, 0.15) is 16.8 Å². The lowest BCUT2D eigenvalue weighted by molar-refractivity contribution is -0.137. The first kappa shape index (κ1) is 21.9. The molecule has 0 radical (unpaired) electrons. The molecule has 9 heteroatoms. The molecule has 0 saturated carbocycles. The average molecular weight is 450 g/mol. The topological polar surface area (TPSA) is 83.8 Å². The number of alkyl halides is 3. The minimum atomic E-state index is -4.39. The monoisotopic (exact) mass is 450 g/mol. The van der Waals surface area contributed by atoms with E-state index in [9.17, 15) is 13.2 Å². The van der Waals surface area contributed by atoms with Gasteiger partial charge < -0.3 is 14.5 Å². The van der Waals surface area contributed by atoms with Gasteiger partial charge in [-0.25, -0.2) is 4.98 Å². The second-order valence-electron chi connectivity index (χ2n) is 7.01. The normalized spacial score (nSPS) is 11.1. The van der Waals surface area contributed by atoms with Crippen LogP contribution in [0.3, 0.4) is 0 Å². The second kappa shape index (κ2) is 9.04. The number of hydrogen-bond acceptors (Lipinski definition) is 5. The van der Waals surface area contributed by atoms with Gasteiger partial charge in [0.15, 0.2) is 0 Å². The van der Waals surface area contributed by atoms with Crippen LogP contribution in [0.2, 0.25) is 0 Å². The molecule has 2 heterocycles. The van der Waals surface area contributed by atoms with Crippen LogP contribution < -0.4 is 9.47 Å². The Hall–Kier alpha value is -4.32. The number of rotatable bonds is 6. The van der Waals surface area contributed by atoms with E-state index in [1.807, 2.05) is 6.07 Å². The van der Waals surface area contributed by atoms with Gasteiger partial charge in [0.2, 0.25) is 0 Å². The fraction of sp³-hybridized carbons (Fsp3) is 0.125. The molecule has 0 aliphatic heterocycles. The number of nitrogens with one attached hydrogen (secondary N) is 1. The fourth-order valence-corrected chi connectivity index (χ4v) is 3.13. The van der Waals surface area contributed by atoms with Crippen molar-refractivity contribution in [1.29, 1.82) is 5.26 Å². The van der Waals surface area contributed by atoms with E-state index < -0.39 is 11.7 Å². The lowest BCUT2D eigenvalue weighted by atomic mass is 10.1. The highest BCUT2D eigenvalue weighted by Crippen LogP contribution is 2.34. The van der Waals surface area contributed by atoms with Crippen molar-refractivity contribution >= 4 is 0 Å². The summed E-state index contributed by atoms with van der Waals surface area (Å²) in [5, 5.41) is 8.84. The van der Waals surface area contributed by atoms with Crippen LogP contribution in [0.15, 0.2) is 67.0 Å². The number of nitriles is 1. The largest absolute Gasteiger partial charge is 0.496 e. The first-order valence-corrected chi connectivity index (χ1v) is 9.76. The van der Waals surface area contributed by atoms with Crippen molar-refractivity contribution in [2.75, 3.05) is 7.11 Å². The molecule has 33 heavy (non-hydrogen) atoms. The van der Waals surface area contributed by atoms with Crippen molar-refractivity contribution in [3.8, 4) is 40.2 Å². The Bertz CT molecular complexity index is 1290. The molecule has 0 aliphatic rings. The minimum absolute atomic E-state index is 0.217. The van der Waals surface area contributed by atoms with Crippen LogP contribution in [0.5, 0.6) is 11.5 Å². The Kier molecular flexibility index (Phi) is 6.00. The van der Waals surface area contributed by atoms with Gasteiger partial charge in [-0.05, 0) is 36.4 Å². The van der Waals surface area contributed by atoms with Crippen LogP contribution in [-0.4, -0.2) is 22.1 Å². The smallest absolute Gasteiger partial charge is 0.416 e. The number of ether oxygens (including phenoxy) is 2. The summed E-state index contributed by atoms with van der Waals surface area (Å²) in [4.78, 5) is 11.7. The van der Waals surface area contributed by atoms with Crippen LogP contribution in [-0.2, 0) is 12.8 Å². The highest BCUT2D eigenvalue weighted by Gasteiger charge is 2.30. The standard InChI is InChI=1S/C24H17F3N4O2/c1-32-22-10-19(33-14-18-7-2-15(11-28)12-29-18)8-9-20(22)21-13-30-23(31-21)16-3-5-17(6-4-16)24(25,26)27/h2-10,12-13H,14H2,1H3,(H,30,31). The molecule has 166 valence electrons. The highest BCUT2D eigenvalue weighted by atomic mass is 19.4. The molecular weight excluding hydrogens is 433 g/mol. The molecule has 2 aromatic heterocycles. The van der Waals surface area contributed by atoms with E-state index in [1.165, 1.54) is 25.4 Å². The fourth-order valence-electron chi connectivity index (χ4n) is 3.13. The molecule has 4 aromatic rings. The molecule has 4 rings (SSSR count). The molecular formula is C24H17F3N4O2. The maximum atomic E-state index is 12.8. The van der Waals surface area contributed by atoms with E-state index in [-0.39, 0.29) is 6.61 Å². The van der Waals surface area contributed by atoms with E-state index in [1.54, 1.807) is 36.5 Å². The highest BCUT2D eigenvalue weighted by molar-refractivity contribution is 5.71. The average Bonchev–Trinajstić information content (AvgIpc) is 3.32. The third-order valence-corrected chi connectivity index (χ3v) is 4.85. The number of halogens is 3. The van der Waals surface area contributed by atoms with Crippen molar-refractivity contribution in [2.24, 2.45) is 0 Å². The van der Waals surface area contributed by atoms with E-state index in [4.69, 9.17) is 14.7 Å². The molecule has 0 saturated heterocycles. The number of imidazole rings is 1. The van der Waals surface area contributed by atoms with Gasteiger partial charge in [0.05, 0.1) is 29.6 Å². The summed E-state index contributed by atoms with van der Waals surface area (Å²) < 4.78 is 49.6. The van der Waals surface area contributed by atoms with Gasteiger partial charge in [0.25, 0.3) is 0 Å². The summed E-state index contributed by atoms with van der Waals surface area (Å²) in [5.41, 5.74) is 2.22. The van der Waals surface area contributed by atoms with Crippen molar-refractivity contribution in [3.05, 3.63) is 83.8 Å². The number of methoxy groups -OCH3 is 1. The van der Waals surface area contributed by atoms with Crippen molar-refractivity contribution in [3.63, 3.8) is 0 Å². The zero-order valence-electron chi connectivity index (χ0n) is 17.3. The van der Waals surface area contributed by atoms with Gasteiger partial charge >= 0.3 is 6.18 Å². The number of H-pyrrole nitrogens is 1. The molecule has 0 atom stereocenters. The summed E-state index contributed by atoms with van der Waals surface area (Å²) >= 11 is 0. The Morgan fingerprint density at radius 2 is 1.85 bits per heavy atom. The van der Waals surface area contributed by atoms with Crippen LogP contribution in [0.25, 0.3) is 22.6 Å². The Labute approximate surface area is 187 Å². The summed E-state index contributed by atoms with van der Waals surface area (Å²) in [6.07, 6.45) is -1.25. The number of benzene rings is 2. The lowest BCUT2D eigenvalue weighted by Crippen LogP contribution is -2.04. The predicted molar refractivity (Wildman–Crippen MR) is 114 cm³/mol. The van der Waals surface area contributed by atoms with Gasteiger partial charge in [-0.2, -0.15) is 18.4 Å². The van der Waals surface area contributed by atoms with Gasteiger partial charge in [0.1, 0.15) is 30.0 Å². The van der Waals surface area contributed by atoms with E-state index in [2.05, 4.69) is 15.0 Å². The van der Waals surface area contributed by atoms with Crippen LogP contribution >= 0.6 is 0 Å². The first-order chi connectivity index (χ1) is 15.9. The molecule has 0 fully saturated rings. The quantitative estimate of drug-likeness (QED) is 0.412. The summed E-state index contributed by atoms with van der Waals surface area (Å²) in [6, 6.07) is 15.4. The Morgan fingerprint density at radius 1 is 1.06 bits per heavy atom. The SMILES string of the molecule is COc1cc(OCc2ccc(C#N)cn2)ccc1-c1c[nH]c(-c2ccc(C(F)(F)F)cc2)n1. The molecule has 0 bridgehead atoms. The number of pyridine rings is 1. The Balaban J connectivity index is 1.51. The maximum absolute atomic E-state index is 12.8. The van der Waals surface area contributed by atoms with E-state index in [0.29, 0.717) is 45.4 Å². The molecule has 2 aromatic carbocycles. The zero-order valence-corrected chi connectivity index (χ0v) is 17.3. The van der Waals surface area contributed by atoms with Crippen LogP contribution in [0, 0.1) is 11.3 Å². The summed E-state index contributed by atoms with van der Waals surface area (Å²) in [7, 11) is 1.52. The third-order valence-electron chi connectivity index (χ3n) is 4.85.